The molecule has 3 amide bonds. The summed E-state index contributed by atoms with van der Waals surface area (Å²) in [5, 5.41) is 7.74. The van der Waals surface area contributed by atoms with Gasteiger partial charge >= 0.3 is 0 Å². The van der Waals surface area contributed by atoms with Crippen LogP contribution in [0.1, 0.15) is 22.8 Å². The van der Waals surface area contributed by atoms with Gasteiger partial charge in [0, 0.05) is 16.8 Å². The number of fused-ring (bicyclic) bond motifs is 2. The Morgan fingerprint density at radius 2 is 1.66 bits per heavy atom. The maximum Gasteiger partial charge on any atom is 0.258 e. The number of hydrogen-bond acceptors (Lipinski definition) is 6. The summed E-state index contributed by atoms with van der Waals surface area (Å²) in [4.78, 5) is 44.4. The molecule has 210 valence electrons. The summed E-state index contributed by atoms with van der Waals surface area (Å²) in [6.07, 6.45) is 0. The van der Waals surface area contributed by atoms with Crippen molar-refractivity contribution in [2.75, 3.05) is 36.2 Å². The average molecular weight is 552 g/mol. The molecule has 0 aliphatic carbocycles. The van der Waals surface area contributed by atoms with E-state index in [1.165, 1.54) is 0 Å². The first kappa shape index (κ1) is 27.7. The fourth-order valence-corrected chi connectivity index (χ4v) is 5.09. The highest BCUT2D eigenvalue weighted by Crippen LogP contribution is 2.37. The molecule has 0 aromatic heterocycles. The number of nitrogen functional groups attached to an aromatic ring is 1. The molecular weight excluding hydrogens is 518 g/mol. The lowest BCUT2D eigenvalue weighted by atomic mass is 10.0. The van der Waals surface area contributed by atoms with Gasteiger partial charge in [-0.2, -0.15) is 0 Å². The van der Waals surface area contributed by atoms with Gasteiger partial charge in [-0.05, 0) is 67.2 Å². The summed E-state index contributed by atoms with van der Waals surface area (Å²) in [6, 6.07) is 24.1. The summed E-state index contributed by atoms with van der Waals surface area (Å²) in [6.45, 7) is 1.82. The molecule has 0 spiro atoms. The Bertz CT molecular complexity index is 1600. The van der Waals surface area contributed by atoms with Crippen LogP contribution in [0.4, 0.5) is 17.1 Å². The Morgan fingerprint density at radius 3 is 2.37 bits per heavy atom. The van der Waals surface area contributed by atoms with E-state index in [0.717, 1.165) is 16.3 Å². The molecule has 0 radical (unpaired) electrons. The first-order valence-corrected chi connectivity index (χ1v) is 13.4. The average Bonchev–Trinajstić information content (AvgIpc) is 3.11. The zero-order valence-corrected chi connectivity index (χ0v) is 23.3. The molecule has 4 aromatic rings. The number of nitrogens with one attached hydrogen (secondary N) is 2. The number of nitrogens with two attached hydrogens (primary N) is 1. The van der Waals surface area contributed by atoms with Crippen molar-refractivity contribution in [2.24, 2.45) is 0 Å². The zero-order valence-electron chi connectivity index (χ0n) is 23.3. The maximum atomic E-state index is 14.3. The number of para-hydroxylation sites is 2. The number of anilines is 3. The number of hydrogen-bond donors (Lipinski definition) is 3. The fourth-order valence-electron chi connectivity index (χ4n) is 5.09. The SMILES string of the molecule is CN[C@@H](C)C(=O)NC1CN(C(=O)c2ccc(N)cc2)c2ccccc2N(Cc2c(OC)ccc3ccccc23)C1=O. The smallest absolute Gasteiger partial charge is 0.258 e. The highest BCUT2D eigenvalue weighted by molar-refractivity contribution is 6.13. The number of carbonyl (C=O) groups is 3. The molecule has 1 aliphatic heterocycles. The van der Waals surface area contributed by atoms with E-state index in [4.69, 9.17) is 10.5 Å². The number of rotatable bonds is 7. The molecule has 41 heavy (non-hydrogen) atoms. The van der Waals surface area contributed by atoms with Crippen LogP contribution in [0.15, 0.2) is 84.9 Å². The van der Waals surface area contributed by atoms with E-state index in [2.05, 4.69) is 10.6 Å². The van der Waals surface area contributed by atoms with E-state index >= 15 is 0 Å². The van der Waals surface area contributed by atoms with Crippen LogP contribution in [0.2, 0.25) is 0 Å². The summed E-state index contributed by atoms with van der Waals surface area (Å²) in [5.74, 6) is -0.357. The van der Waals surface area contributed by atoms with Gasteiger partial charge in [-0.25, -0.2) is 0 Å². The van der Waals surface area contributed by atoms with Crippen LogP contribution >= 0.6 is 0 Å². The minimum Gasteiger partial charge on any atom is -0.496 e. The predicted octanol–water partition coefficient (Wildman–Crippen LogP) is 3.72. The molecule has 1 unspecified atom stereocenters. The van der Waals surface area contributed by atoms with E-state index < -0.39 is 12.1 Å². The molecule has 4 N–H and O–H groups in total. The molecule has 1 aliphatic rings. The number of ether oxygens (including phenoxy) is 1. The number of benzene rings is 4. The zero-order chi connectivity index (χ0) is 29.1. The maximum absolute atomic E-state index is 14.3. The van der Waals surface area contributed by atoms with E-state index in [1.54, 1.807) is 55.1 Å². The second-order valence-electron chi connectivity index (χ2n) is 9.99. The van der Waals surface area contributed by atoms with E-state index in [0.29, 0.717) is 28.4 Å². The summed E-state index contributed by atoms with van der Waals surface area (Å²) in [7, 11) is 3.27. The first-order chi connectivity index (χ1) is 19.8. The van der Waals surface area contributed by atoms with Gasteiger partial charge in [0.25, 0.3) is 11.8 Å². The first-order valence-electron chi connectivity index (χ1n) is 13.4. The Hall–Kier alpha value is -4.89. The van der Waals surface area contributed by atoms with Crippen molar-refractivity contribution in [1.29, 1.82) is 0 Å². The number of likely N-dealkylation sites (N-methyl/N-ethyl adjacent to an activating group) is 1. The third kappa shape index (κ3) is 5.44. The van der Waals surface area contributed by atoms with Crippen LogP contribution < -0.4 is 30.9 Å². The van der Waals surface area contributed by atoms with Crippen LogP contribution in [0, 0.1) is 0 Å². The summed E-state index contributed by atoms with van der Waals surface area (Å²) >= 11 is 0. The van der Waals surface area contributed by atoms with Crippen molar-refractivity contribution in [1.82, 2.24) is 10.6 Å². The molecule has 5 rings (SSSR count). The number of nitrogens with zero attached hydrogens (tertiary/aromatic N) is 2. The molecule has 1 heterocycles. The van der Waals surface area contributed by atoms with Gasteiger partial charge in [-0.1, -0.05) is 42.5 Å². The summed E-state index contributed by atoms with van der Waals surface area (Å²) < 4.78 is 5.72. The van der Waals surface area contributed by atoms with Crippen LogP contribution in [0.3, 0.4) is 0 Å². The summed E-state index contributed by atoms with van der Waals surface area (Å²) in [5.41, 5.74) is 8.74. The monoisotopic (exact) mass is 551 g/mol. The number of methoxy groups -OCH3 is 1. The molecule has 0 fully saturated rings. The van der Waals surface area contributed by atoms with Crippen LogP contribution in [0.5, 0.6) is 5.75 Å². The largest absolute Gasteiger partial charge is 0.496 e. The molecule has 0 saturated carbocycles. The minimum absolute atomic E-state index is 0.0512. The van der Waals surface area contributed by atoms with Gasteiger partial charge in [0.2, 0.25) is 5.91 Å². The lowest BCUT2D eigenvalue weighted by Crippen LogP contribution is -2.55. The van der Waals surface area contributed by atoms with Gasteiger partial charge in [0.05, 0.1) is 37.6 Å². The lowest BCUT2D eigenvalue weighted by molar-refractivity contribution is -0.128. The van der Waals surface area contributed by atoms with Gasteiger partial charge in [0.15, 0.2) is 0 Å². The van der Waals surface area contributed by atoms with Crippen molar-refractivity contribution in [3.05, 3.63) is 96.1 Å². The second kappa shape index (κ2) is 11.7. The topological polar surface area (TPSA) is 117 Å². The quantitative estimate of drug-likeness (QED) is 0.302. The molecule has 9 heteroatoms. The Labute approximate surface area is 238 Å². The van der Waals surface area contributed by atoms with Crippen molar-refractivity contribution in [3.63, 3.8) is 0 Å². The van der Waals surface area contributed by atoms with Gasteiger partial charge in [-0.15, -0.1) is 0 Å². The van der Waals surface area contributed by atoms with Crippen LogP contribution in [0.25, 0.3) is 10.8 Å². The molecular formula is C32H33N5O4. The normalized spacial score (nSPS) is 15.7. The highest BCUT2D eigenvalue weighted by Gasteiger charge is 2.38. The van der Waals surface area contributed by atoms with E-state index in [-0.39, 0.29) is 30.8 Å². The van der Waals surface area contributed by atoms with Gasteiger partial charge in [-0.3, -0.25) is 14.4 Å². The van der Waals surface area contributed by atoms with Crippen LogP contribution in [-0.2, 0) is 16.1 Å². The molecule has 2 atom stereocenters. The number of amides is 3. The predicted molar refractivity (Wildman–Crippen MR) is 161 cm³/mol. The Balaban J connectivity index is 1.65. The Kier molecular flexibility index (Phi) is 7.89. The highest BCUT2D eigenvalue weighted by atomic mass is 16.5. The number of carbonyl (C=O) groups excluding carboxylic acids is 3. The third-order valence-corrected chi connectivity index (χ3v) is 7.47. The second-order valence-corrected chi connectivity index (χ2v) is 9.99. The van der Waals surface area contributed by atoms with Crippen molar-refractivity contribution >= 4 is 45.6 Å². The molecule has 9 nitrogen and oxygen atoms in total. The standard InChI is InChI=1S/C32H33N5O4/c1-20(34-2)30(38)35-26-19-37(31(39)22-12-15-23(33)16-13-22)28-11-7-6-10-27(28)36(32(26)40)18-25-24-9-5-4-8-21(24)14-17-29(25)41-3/h4-17,20,26,34H,18-19,33H2,1-3H3,(H,35,38)/t20-,26?/m0/s1. The minimum atomic E-state index is -1.01. The van der Waals surface area contributed by atoms with Crippen molar-refractivity contribution in [2.45, 2.75) is 25.6 Å². The Morgan fingerprint density at radius 1 is 0.976 bits per heavy atom. The molecule has 0 saturated heterocycles. The van der Waals surface area contributed by atoms with Crippen molar-refractivity contribution in [3.8, 4) is 5.75 Å². The van der Waals surface area contributed by atoms with Crippen molar-refractivity contribution < 1.29 is 19.1 Å². The van der Waals surface area contributed by atoms with Gasteiger partial charge < -0.3 is 30.9 Å². The molecule has 0 bridgehead atoms. The lowest BCUT2D eigenvalue weighted by Gasteiger charge is -2.27. The van der Waals surface area contributed by atoms with Crippen LogP contribution in [-0.4, -0.2) is 50.5 Å². The van der Waals surface area contributed by atoms with E-state index in [1.807, 2.05) is 60.7 Å². The molecule has 4 aromatic carbocycles. The fraction of sp³-hybridized carbons (Fsp3) is 0.219. The third-order valence-electron chi connectivity index (χ3n) is 7.47. The van der Waals surface area contributed by atoms with E-state index in [9.17, 15) is 14.4 Å². The van der Waals surface area contributed by atoms with Gasteiger partial charge in [0.1, 0.15) is 11.8 Å².